The van der Waals surface area contributed by atoms with Crippen molar-refractivity contribution in [2.24, 2.45) is 5.92 Å². The van der Waals surface area contributed by atoms with Crippen LogP contribution in [0.2, 0.25) is 0 Å². The molecule has 1 fully saturated rings. The molecule has 0 bridgehead atoms. The van der Waals surface area contributed by atoms with E-state index in [4.69, 9.17) is 4.74 Å². The zero-order valence-corrected chi connectivity index (χ0v) is 17.0. The number of methoxy groups -OCH3 is 1. The Morgan fingerprint density at radius 3 is 2.72 bits per heavy atom. The fourth-order valence-corrected chi connectivity index (χ4v) is 4.11. The zero-order chi connectivity index (χ0) is 21.2. The van der Waals surface area contributed by atoms with Gasteiger partial charge in [0.25, 0.3) is 5.91 Å². The highest BCUT2D eigenvalue weighted by atomic mass is 16.5. The third-order valence-electron chi connectivity index (χ3n) is 5.94. The Kier molecular flexibility index (Phi) is 5.91. The van der Waals surface area contributed by atoms with Crippen LogP contribution in [0.4, 0.5) is 4.79 Å². The van der Waals surface area contributed by atoms with Crippen molar-refractivity contribution in [2.45, 2.75) is 51.1 Å². The molecule has 8 heteroatoms. The maximum absolute atomic E-state index is 13.2. The molecule has 0 unspecified atom stereocenters. The minimum Gasteiger partial charge on any atom is -0.467 e. The Hall–Kier alpha value is -2.90. The number of hydrogen-bond acceptors (Lipinski definition) is 5. The van der Waals surface area contributed by atoms with Crippen molar-refractivity contribution >= 4 is 23.8 Å². The van der Waals surface area contributed by atoms with E-state index in [1.807, 2.05) is 38.1 Å². The van der Waals surface area contributed by atoms with Gasteiger partial charge in [-0.1, -0.05) is 44.5 Å². The first-order chi connectivity index (χ1) is 13.8. The van der Waals surface area contributed by atoms with E-state index >= 15 is 0 Å². The summed E-state index contributed by atoms with van der Waals surface area (Å²) in [5.74, 6) is -1.71. The van der Waals surface area contributed by atoms with Crippen LogP contribution in [0.5, 0.6) is 0 Å². The molecule has 0 radical (unpaired) electrons. The van der Waals surface area contributed by atoms with Gasteiger partial charge in [-0.2, -0.15) is 0 Å². The first-order valence-corrected chi connectivity index (χ1v) is 9.93. The van der Waals surface area contributed by atoms with Crippen LogP contribution < -0.4 is 10.6 Å². The van der Waals surface area contributed by atoms with E-state index < -0.39 is 41.9 Å². The lowest BCUT2D eigenvalue weighted by atomic mass is 9.76. The van der Waals surface area contributed by atoms with Crippen LogP contribution in [0.3, 0.4) is 0 Å². The van der Waals surface area contributed by atoms with Gasteiger partial charge in [0.2, 0.25) is 5.91 Å². The lowest BCUT2D eigenvalue weighted by molar-refractivity contribution is -0.146. The van der Waals surface area contributed by atoms with Gasteiger partial charge in [-0.05, 0) is 36.3 Å². The minimum atomic E-state index is -1.12. The van der Waals surface area contributed by atoms with E-state index in [1.165, 1.54) is 7.11 Å². The highest BCUT2D eigenvalue weighted by Crippen LogP contribution is 2.39. The summed E-state index contributed by atoms with van der Waals surface area (Å²) in [6, 6.07) is 6.13. The highest BCUT2D eigenvalue weighted by Gasteiger charge is 2.54. The number of aryl methyl sites for hydroxylation is 1. The van der Waals surface area contributed by atoms with Gasteiger partial charge < -0.3 is 15.4 Å². The zero-order valence-electron chi connectivity index (χ0n) is 17.0. The maximum Gasteiger partial charge on any atom is 0.328 e. The van der Waals surface area contributed by atoms with Crippen LogP contribution in [-0.2, 0) is 31.1 Å². The van der Waals surface area contributed by atoms with Crippen molar-refractivity contribution < 1.29 is 23.9 Å². The summed E-state index contributed by atoms with van der Waals surface area (Å²) in [6.45, 7) is 3.27. The van der Waals surface area contributed by atoms with E-state index in [-0.39, 0.29) is 5.92 Å². The number of benzene rings is 1. The van der Waals surface area contributed by atoms with E-state index in [1.54, 1.807) is 0 Å². The van der Waals surface area contributed by atoms with Gasteiger partial charge in [0.1, 0.15) is 18.1 Å². The summed E-state index contributed by atoms with van der Waals surface area (Å²) in [4.78, 5) is 51.3. The van der Waals surface area contributed by atoms with Gasteiger partial charge in [-0.25, -0.2) is 9.59 Å². The van der Waals surface area contributed by atoms with Crippen LogP contribution in [0, 0.1) is 5.92 Å². The van der Waals surface area contributed by atoms with E-state index in [0.717, 1.165) is 28.9 Å². The van der Waals surface area contributed by atoms with Crippen molar-refractivity contribution in [2.75, 3.05) is 13.7 Å². The molecule has 29 heavy (non-hydrogen) atoms. The number of esters is 1. The SMILES string of the molecule is CC[C@@H](C)[C@@H](NC(=O)CN1C(=O)N[C@]2(CCCc3ccccc32)C1=O)C(=O)OC. The maximum atomic E-state index is 13.2. The summed E-state index contributed by atoms with van der Waals surface area (Å²) < 4.78 is 4.76. The van der Waals surface area contributed by atoms with Crippen molar-refractivity contribution in [3.63, 3.8) is 0 Å². The first-order valence-electron chi connectivity index (χ1n) is 9.93. The molecule has 8 nitrogen and oxygen atoms in total. The third kappa shape index (κ3) is 3.71. The first kappa shape index (κ1) is 20.8. The van der Waals surface area contributed by atoms with Gasteiger partial charge >= 0.3 is 12.0 Å². The monoisotopic (exact) mass is 401 g/mol. The predicted molar refractivity (Wildman–Crippen MR) is 105 cm³/mol. The number of hydrogen-bond donors (Lipinski definition) is 2. The molecule has 2 aliphatic rings. The summed E-state index contributed by atoms with van der Waals surface area (Å²) in [6.07, 6.45) is 2.76. The third-order valence-corrected chi connectivity index (χ3v) is 5.94. The Balaban J connectivity index is 1.78. The largest absolute Gasteiger partial charge is 0.467 e. The van der Waals surface area contributed by atoms with Crippen molar-refractivity contribution in [1.82, 2.24) is 15.5 Å². The molecule has 0 aromatic heterocycles. The Bertz CT molecular complexity index is 839. The number of rotatable bonds is 6. The topological polar surface area (TPSA) is 105 Å². The van der Waals surface area contributed by atoms with Gasteiger partial charge in [-0.15, -0.1) is 0 Å². The minimum absolute atomic E-state index is 0.147. The van der Waals surface area contributed by atoms with Crippen molar-refractivity contribution in [1.29, 1.82) is 0 Å². The average Bonchev–Trinajstić information content (AvgIpc) is 2.96. The lowest BCUT2D eigenvalue weighted by Gasteiger charge is -2.33. The Morgan fingerprint density at radius 2 is 2.03 bits per heavy atom. The molecule has 1 aromatic carbocycles. The molecular formula is C21H27N3O5. The average molecular weight is 401 g/mol. The van der Waals surface area contributed by atoms with Crippen molar-refractivity contribution in [3.8, 4) is 0 Å². The van der Waals surface area contributed by atoms with Gasteiger partial charge in [0.15, 0.2) is 0 Å². The Morgan fingerprint density at radius 1 is 1.31 bits per heavy atom. The Labute approximate surface area is 170 Å². The van der Waals surface area contributed by atoms with Crippen LogP contribution >= 0.6 is 0 Å². The normalized spacial score (nSPS) is 22.7. The molecule has 3 atom stereocenters. The van der Waals surface area contributed by atoms with Gasteiger partial charge in [0.05, 0.1) is 7.11 Å². The number of urea groups is 1. The van der Waals surface area contributed by atoms with Gasteiger partial charge in [-0.3, -0.25) is 14.5 Å². The number of carbonyl (C=O) groups excluding carboxylic acids is 4. The highest BCUT2D eigenvalue weighted by molar-refractivity contribution is 6.09. The second-order valence-corrected chi connectivity index (χ2v) is 7.69. The number of nitrogens with one attached hydrogen (secondary N) is 2. The lowest BCUT2D eigenvalue weighted by Crippen LogP contribution is -2.50. The fraction of sp³-hybridized carbons (Fsp3) is 0.524. The molecular weight excluding hydrogens is 374 g/mol. The summed E-state index contributed by atoms with van der Waals surface area (Å²) in [7, 11) is 1.26. The van der Waals surface area contributed by atoms with Gasteiger partial charge in [0, 0.05) is 0 Å². The summed E-state index contributed by atoms with van der Waals surface area (Å²) in [5.41, 5.74) is 0.700. The number of amides is 4. The van der Waals surface area contributed by atoms with E-state index in [9.17, 15) is 19.2 Å². The summed E-state index contributed by atoms with van der Waals surface area (Å²) >= 11 is 0. The molecule has 3 rings (SSSR count). The second kappa shape index (κ2) is 8.23. The standard InChI is InChI=1S/C21H27N3O5/c1-4-13(2)17(18(26)29-3)22-16(25)12-24-19(27)21(23-20(24)28)11-7-9-14-8-5-6-10-15(14)21/h5-6,8,10,13,17H,4,7,9,11-12H2,1-3H3,(H,22,25)(H,23,28)/t13-,17-,21+/m1/s1. The molecule has 156 valence electrons. The molecule has 4 amide bonds. The number of imide groups is 1. The molecule has 0 saturated carbocycles. The van der Waals surface area contributed by atoms with Crippen LogP contribution in [-0.4, -0.2) is 48.4 Å². The van der Waals surface area contributed by atoms with E-state index in [2.05, 4.69) is 10.6 Å². The number of nitrogens with zero attached hydrogens (tertiary/aromatic N) is 1. The number of carbonyl (C=O) groups is 4. The smallest absolute Gasteiger partial charge is 0.328 e. The quantitative estimate of drug-likeness (QED) is 0.555. The van der Waals surface area contributed by atoms with Crippen LogP contribution in [0.25, 0.3) is 0 Å². The molecule has 1 heterocycles. The molecule has 2 N–H and O–H groups in total. The molecule has 1 aliphatic heterocycles. The predicted octanol–water partition coefficient (Wildman–Crippen LogP) is 1.47. The van der Waals surface area contributed by atoms with Crippen LogP contribution in [0.1, 0.15) is 44.2 Å². The molecule has 1 aliphatic carbocycles. The molecule has 1 spiro atoms. The number of ether oxygens (including phenoxy) is 1. The van der Waals surface area contributed by atoms with Crippen LogP contribution in [0.15, 0.2) is 24.3 Å². The fourth-order valence-electron chi connectivity index (χ4n) is 4.11. The number of fused-ring (bicyclic) bond motifs is 2. The molecule has 1 saturated heterocycles. The second-order valence-electron chi connectivity index (χ2n) is 7.69. The van der Waals surface area contributed by atoms with E-state index in [0.29, 0.717) is 12.8 Å². The molecule has 1 aromatic rings. The summed E-state index contributed by atoms with van der Waals surface area (Å²) in [5, 5.41) is 5.43. The van der Waals surface area contributed by atoms with Crippen molar-refractivity contribution in [3.05, 3.63) is 35.4 Å².